The standard InChI is InChI=1S/C25H25.C9H13.2ClH.Zr/c1-14-12-24(3,4)22-8-16-7-17-9-23-19(15(2)13-25(23,5)6)11-21(17)20(16)10-18(14)22;1-9(2,3)8-6-4-5-7-8;;;/h8-12H,7H2,1-6H3;4-7H,1-3H3;2*1H;/q2*-1;;;+4/p-2. The first-order valence-electron chi connectivity index (χ1n) is 12.7. The third-order valence-electron chi connectivity index (χ3n) is 7.96. The monoisotopic (exact) mass is 606 g/mol. The molecule has 0 saturated carbocycles. The molecule has 3 aliphatic rings. The van der Waals surface area contributed by atoms with Crippen LogP contribution in [0.15, 0.2) is 54.6 Å². The van der Waals surface area contributed by atoms with E-state index in [9.17, 15) is 0 Å². The number of halogens is 2. The molecule has 0 aliphatic heterocycles. The molecule has 0 saturated heterocycles. The summed E-state index contributed by atoms with van der Waals surface area (Å²) in [6.45, 7) is 20.4. The first-order chi connectivity index (χ1) is 15.8. The molecule has 6 rings (SSSR count). The Bertz CT molecular complexity index is 1280. The molecule has 0 N–H and O–H groups in total. The maximum absolute atomic E-state index is 3.65. The Morgan fingerprint density at radius 3 is 1.89 bits per heavy atom. The second kappa shape index (κ2) is 10.7. The molecule has 0 spiro atoms. The van der Waals surface area contributed by atoms with E-state index in [1.807, 2.05) is 0 Å². The van der Waals surface area contributed by atoms with Crippen LogP contribution in [0.2, 0.25) is 0 Å². The van der Waals surface area contributed by atoms with Gasteiger partial charge in [0, 0.05) is 5.41 Å². The summed E-state index contributed by atoms with van der Waals surface area (Å²) in [5.74, 6) is 0. The number of rotatable bonds is 0. The van der Waals surface area contributed by atoms with Crippen molar-refractivity contribution in [1.29, 1.82) is 0 Å². The Kier molecular flexibility index (Phi) is 9.25. The van der Waals surface area contributed by atoms with E-state index in [2.05, 4.69) is 123 Å². The van der Waals surface area contributed by atoms with Crippen molar-refractivity contribution >= 4 is 11.1 Å². The van der Waals surface area contributed by atoms with Gasteiger partial charge in [0.25, 0.3) is 0 Å². The molecule has 0 nitrogen and oxygen atoms in total. The minimum Gasteiger partial charge on any atom is -1.00 e. The van der Waals surface area contributed by atoms with Gasteiger partial charge in [-0.2, -0.15) is 29.3 Å². The van der Waals surface area contributed by atoms with Crippen molar-refractivity contribution in [2.24, 2.45) is 0 Å². The molecule has 0 unspecified atom stereocenters. The van der Waals surface area contributed by atoms with Gasteiger partial charge in [0.2, 0.25) is 0 Å². The molecule has 0 heterocycles. The van der Waals surface area contributed by atoms with Gasteiger partial charge in [-0.05, 0) is 58.4 Å². The topological polar surface area (TPSA) is 0 Å². The Hall–Kier alpha value is -1.27. The Labute approximate surface area is 256 Å². The van der Waals surface area contributed by atoms with Crippen LogP contribution in [-0.4, -0.2) is 0 Å². The van der Waals surface area contributed by atoms with Gasteiger partial charge >= 0.3 is 26.2 Å². The normalized spacial score (nSPS) is 16.8. The largest absolute Gasteiger partial charge is 4.00 e. The fourth-order valence-corrected chi connectivity index (χ4v) is 6.15. The molecule has 0 aromatic heterocycles. The van der Waals surface area contributed by atoms with E-state index in [-0.39, 0.29) is 61.8 Å². The van der Waals surface area contributed by atoms with Crippen LogP contribution in [0.1, 0.15) is 101 Å². The second-order valence-corrected chi connectivity index (χ2v) is 12.6. The number of allylic oxidation sites excluding steroid dienone is 4. The molecule has 3 aromatic carbocycles. The maximum Gasteiger partial charge on any atom is 4.00 e. The van der Waals surface area contributed by atoms with Gasteiger partial charge in [-0.25, -0.2) is 11.6 Å². The molecule has 37 heavy (non-hydrogen) atoms. The van der Waals surface area contributed by atoms with Gasteiger partial charge in [0.05, 0.1) is 0 Å². The van der Waals surface area contributed by atoms with E-state index in [4.69, 9.17) is 0 Å². The molecule has 0 bridgehead atoms. The molecule has 3 aromatic rings. The minimum atomic E-state index is 0. The fraction of sp³-hybridized carbons (Fsp3) is 0.382. The molecule has 0 amide bonds. The molecule has 0 radical (unpaired) electrons. The molecule has 3 aliphatic carbocycles. The van der Waals surface area contributed by atoms with Crippen molar-refractivity contribution in [3.05, 3.63) is 99.6 Å². The quantitative estimate of drug-likeness (QED) is 0.269. The van der Waals surface area contributed by atoms with Crippen LogP contribution in [-0.2, 0) is 48.9 Å². The Balaban J connectivity index is 0.000000347. The van der Waals surface area contributed by atoms with Crippen LogP contribution in [0, 0.1) is 6.08 Å². The molecular weight excluding hydrogens is 571 g/mol. The van der Waals surface area contributed by atoms with Crippen molar-refractivity contribution in [1.82, 2.24) is 0 Å². The van der Waals surface area contributed by atoms with Crippen molar-refractivity contribution in [2.75, 3.05) is 0 Å². The number of benzene rings is 2. The predicted octanol–water partition coefficient (Wildman–Crippen LogP) is 3.16. The van der Waals surface area contributed by atoms with E-state index < -0.39 is 0 Å². The van der Waals surface area contributed by atoms with E-state index in [0.717, 1.165) is 6.42 Å². The first-order valence-corrected chi connectivity index (χ1v) is 12.7. The van der Waals surface area contributed by atoms with Gasteiger partial charge in [0.15, 0.2) is 0 Å². The smallest absolute Gasteiger partial charge is 1.00 e. The average Bonchev–Trinajstić information content (AvgIpc) is 3.46. The van der Waals surface area contributed by atoms with Crippen molar-refractivity contribution in [3.63, 3.8) is 0 Å². The van der Waals surface area contributed by atoms with Crippen molar-refractivity contribution < 1.29 is 51.0 Å². The van der Waals surface area contributed by atoms with Gasteiger partial charge in [-0.15, -0.1) is 11.6 Å². The second-order valence-electron chi connectivity index (χ2n) is 12.6. The van der Waals surface area contributed by atoms with E-state index >= 15 is 0 Å². The van der Waals surface area contributed by atoms with Crippen LogP contribution in [0.5, 0.6) is 0 Å². The third-order valence-corrected chi connectivity index (χ3v) is 7.96. The first kappa shape index (κ1) is 31.9. The fourth-order valence-electron chi connectivity index (χ4n) is 6.15. The van der Waals surface area contributed by atoms with Crippen molar-refractivity contribution in [3.8, 4) is 11.1 Å². The maximum atomic E-state index is 3.65. The number of hydrogen-bond acceptors (Lipinski definition) is 0. The zero-order chi connectivity index (χ0) is 24.6. The summed E-state index contributed by atoms with van der Waals surface area (Å²) < 4.78 is 0. The van der Waals surface area contributed by atoms with Gasteiger partial charge in [0.1, 0.15) is 0 Å². The zero-order valence-corrected chi connectivity index (χ0v) is 27.6. The predicted molar refractivity (Wildman–Crippen MR) is 147 cm³/mol. The summed E-state index contributed by atoms with van der Waals surface area (Å²) in [6.07, 6.45) is 7.13. The molecule has 192 valence electrons. The Morgan fingerprint density at radius 2 is 1.38 bits per heavy atom. The van der Waals surface area contributed by atoms with Crippen LogP contribution in [0.4, 0.5) is 0 Å². The van der Waals surface area contributed by atoms with Crippen LogP contribution in [0.3, 0.4) is 0 Å². The zero-order valence-electron chi connectivity index (χ0n) is 23.7. The summed E-state index contributed by atoms with van der Waals surface area (Å²) in [6, 6.07) is 18.3. The van der Waals surface area contributed by atoms with Crippen molar-refractivity contribution in [2.45, 2.75) is 85.0 Å². The summed E-state index contributed by atoms with van der Waals surface area (Å²) in [5, 5.41) is 0. The average molecular weight is 609 g/mol. The number of fused-ring (bicyclic) bond motifs is 5. The summed E-state index contributed by atoms with van der Waals surface area (Å²) in [4.78, 5) is 0. The van der Waals surface area contributed by atoms with Gasteiger partial charge in [-0.3, -0.25) is 6.08 Å². The van der Waals surface area contributed by atoms with Crippen LogP contribution in [0.25, 0.3) is 22.3 Å². The summed E-state index contributed by atoms with van der Waals surface area (Å²) in [7, 11) is 0. The van der Waals surface area contributed by atoms with Gasteiger partial charge in [-0.1, -0.05) is 84.4 Å². The molecular formula is C34H38Cl2Zr. The summed E-state index contributed by atoms with van der Waals surface area (Å²) in [5.41, 5.74) is 16.3. The van der Waals surface area contributed by atoms with E-state index in [1.54, 1.807) is 0 Å². The number of hydrogen-bond donors (Lipinski definition) is 0. The Morgan fingerprint density at radius 1 is 0.811 bits per heavy atom. The molecule has 0 atom stereocenters. The van der Waals surface area contributed by atoms with Crippen LogP contribution < -0.4 is 24.8 Å². The minimum absolute atomic E-state index is 0. The molecule has 3 heteroatoms. The molecule has 0 fully saturated rings. The third kappa shape index (κ3) is 5.57. The summed E-state index contributed by atoms with van der Waals surface area (Å²) >= 11 is 0. The SMILES string of the molecule is CC(C)(C)c1cc[cH-]c1.CC1=[C-]C(C)(C)c2cc3c(cc21)-c1cc2c(cc1C3)C(C)(C)C=C2C.[Cl-].[Cl-].[Zr+4]. The van der Waals surface area contributed by atoms with E-state index in [1.165, 1.54) is 61.2 Å². The van der Waals surface area contributed by atoms with E-state index in [0.29, 0.717) is 5.41 Å². The van der Waals surface area contributed by atoms with Gasteiger partial charge < -0.3 is 24.8 Å². The van der Waals surface area contributed by atoms with Crippen LogP contribution >= 0.6 is 0 Å².